The SMILES string of the molecule is CC(C)Sc1c(Cl)cccc1NC(=O)C1CC1C(=O)O. The summed E-state index contributed by atoms with van der Waals surface area (Å²) in [5.41, 5.74) is 0.650. The van der Waals surface area contributed by atoms with E-state index in [9.17, 15) is 9.59 Å². The van der Waals surface area contributed by atoms with Crippen LogP contribution in [-0.2, 0) is 9.59 Å². The van der Waals surface area contributed by atoms with E-state index in [0.717, 1.165) is 4.90 Å². The Hall–Kier alpha value is -1.20. The molecule has 4 nitrogen and oxygen atoms in total. The number of nitrogens with one attached hydrogen (secondary N) is 1. The number of carbonyl (C=O) groups excluding carboxylic acids is 1. The van der Waals surface area contributed by atoms with E-state index >= 15 is 0 Å². The van der Waals surface area contributed by atoms with Crippen LogP contribution in [0.15, 0.2) is 23.1 Å². The highest BCUT2D eigenvalue weighted by Crippen LogP contribution is 2.41. The highest BCUT2D eigenvalue weighted by molar-refractivity contribution is 8.00. The Morgan fingerprint density at radius 1 is 1.40 bits per heavy atom. The van der Waals surface area contributed by atoms with Crippen LogP contribution in [0.25, 0.3) is 0 Å². The zero-order chi connectivity index (χ0) is 14.9. The summed E-state index contributed by atoms with van der Waals surface area (Å²) in [4.78, 5) is 23.6. The van der Waals surface area contributed by atoms with Crippen molar-refractivity contribution >= 4 is 40.9 Å². The lowest BCUT2D eigenvalue weighted by Crippen LogP contribution is -2.17. The van der Waals surface area contributed by atoms with E-state index in [1.54, 1.807) is 30.0 Å². The predicted octanol–water partition coefficient (Wildman–Crippen LogP) is 3.50. The number of hydrogen-bond donors (Lipinski definition) is 2. The Morgan fingerprint density at radius 3 is 2.65 bits per heavy atom. The largest absolute Gasteiger partial charge is 0.481 e. The molecule has 0 aliphatic heterocycles. The third-order valence-electron chi connectivity index (χ3n) is 3.02. The minimum Gasteiger partial charge on any atom is -0.481 e. The van der Waals surface area contributed by atoms with Crippen molar-refractivity contribution in [3.05, 3.63) is 23.2 Å². The van der Waals surface area contributed by atoms with E-state index in [-0.39, 0.29) is 5.91 Å². The van der Waals surface area contributed by atoms with Gasteiger partial charge < -0.3 is 10.4 Å². The fourth-order valence-electron chi connectivity index (χ4n) is 1.95. The number of hydrogen-bond acceptors (Lipinski definition) is 3. The Kier molecular flexibility index (Phi) is 4.60. The number of thioether (sulfide) groups is 1. The highest BCUT2D eigenvalue weighted by atomic mass is 35.5. The molecule has 2 rings (SSSR count). The van der Waals surface area contributed by atoms with Crippen molar-refractivity contribution in [3.8, 4) is 0 Å². The van der Waals surface area contributed by atoms with Gasteiger partial charge in [-0.15, -0.1) is 11.8 Å². The summed E-state index contributed by atoms with van der Waals surface area (Å²) in [6.45, 7) is 4.09. The minimum atomic E-state index is -0.909. The van der Waals surface area contributed by atoms with E-state index in [1.807, 2.05) is 13.8 Å². The van der Waals surface area contributed by atoms with Crippen molar-refractivity contribution < 1.29 is 14.7 Å². The van der Waals surface area contributed by atoms with Crippen LogP contribution < -0.4 is 5.32 Å². The number of anilines is 1. The van der Waals surface area contributed by atoms with Gasteiger partial charge in [-0.1, -0.05) is 31.5 Å². The summed E-state index contributed by atoms with van der Waals surface area (Å²) >= 11 is 7.73. The molecular weight excluding hydrogens is 298 g/mol. The van der Waals surface area contributed by atoms with Gasteiger partial charge in [-0.25, -0.2) is 0 Å². The normalized spacial score (nSPS) is 20.8. The van der Waals surface area contributed by atoms with Gasteiger partial charge in [0.25, 0.3) is 0 Å². The first-order valence-electron chi connectivity index (χ1n) is 6.39. The molecule has 20 heavy (non-hydrogen) atoms. The molecule has 1 aliphatic rings. The fraction of sp³-hybridized carbons (Fsp3) is 0.429. The van der Waals surface area contributed by atoms with Gasteiger partial charge in [-0.3, -0.25) is 9.59 Å². The number of carboxylic acid groups (broad SMARTS) is 1. The molecule has 1 fully saturated rings. The van der Waals surface area contributed by atoms with Crippen molar-refractivity contribution in [2.45, 2.75) is 30.4 Å². The van der Waals surface area contributed by atoms with Gasteiger partial charge in [0.05, 0.1) is 22.5 Å². The molecule has 2 N–H and O–H groups in total. The van der Waals surface area contributed by atoms with Gasteiger partial charge in [-0.05, 0) is 18.6 Å². The summed E-state index contributed by atoms with van der Waals surface area (Å²) in [5.74, 6) is -2.13. The van der Waals surface area contributed by atoms with Crippen LogP contribution in [0.1, 0.15) is 20.3 Å². The van der Waals surface area contributed by atoms with Gasteiger partial charge in [0.1, 0.15) is 0 Å². The number of rotatable bonds is 5. The summed E-state index contributed by atoms with van der Waals surface area (Å²) in [5, 5.41) is 12.6. The van der Waals surface area contributed by atoms with E-state index in [1.165, 1.54) is 0 Å². The van der Waals surface area contributed by atoms with E-state index in [4.69, 9.17) is 16.7 Å². The minimum absolute atomic E-state index is 0.245. The van der Waals surface area contributed by atoms with E-state index in [0.29, 0.717) is 22.4 Å². The molecule has 108 valence electrons. The molecule has 0 radical (unpaired) electrons. The molecular formula is C14H16ClNO3S. The molecule has 1 amide bonds. The first-order chi connectivity index (χ1) is 9.40. The Morgan fingerprint density at radius 2 is 2.10 bits per heavy atom. The quantitative estimate of drug-likeness (QED) is 0.816. The maximum Gasteiger partial charge on any atom is 0.307 e. The van der Waals surface area contributed by atoms with Gasteiger partial charge in [0, 0.05) is 10.1 Å². The summed E-state index contributed by atoms with van der Waals surface area (Å²) in [6, 6.07) is 5.33. The molecule has 0 aromatic heterocycles. The van der Waals surface area contributed by atoms with Gasteiger partial charge in [0.15, 0.2) is 0 Å². The zero-order valence-electron chi connectivity index (χ0n) is 11.2. The Balaban J connectivity index is 2.11. The van der Waals surface area contributed by atoms with Crippen molar-refractivity contribution in [2.75, 3.05) is 5.32 Å². The number of halogens is 1. The number of amides is 1. The molecule has 2 unspecified atom stereocenters. The zero-order valence-corrected chi connectivity index (χ0v) is 12.8. The molecule has 1 aromatic rings. The Bertz CT molecular complexity index is 547. The molecule has 0 heterocycles. The van der Waals surface area contributed by atoms with Crippen LogP contribution in [-0.4, -0.2) is 22.2 Å². The van der Waals surface area contributed by atoms with Crippen LogP contribution in [0.5, 0.6) is 0 Å². The topological polar surface area (TPSA) is 66.4 Å². The second-order valence-corrected chi connectivity index (χ2v) is 7.05. The standard InChI is InChI=1S/C14H16ClNO3S/c1-7(2)20-12-10(15)4-3-5-11(12)16-13(17)8-6-9(8)14(18)19/h3-5,7-9H,6H2,1-2H3,(H,16,17)(H,18,19). The van der Waals surface area contributed by atoms with Crippen LogP contribution in [0.4, 0.5) is 5.69 Å². The lowest BCUT2D eigenvalue weighted by atomic mass is 10.2. The third-order valence-corrected chi connectivity index (χ3v) is 4.60. The monoisotopic (exact) mass is 313 g/mol. The van der Waals surface area contributed by atoms with E-state index < -0.39 is 17.8 Å². The van der Waals surface area contributed by atoms with Crippen molar-refractivity contribution in [1.82, 2.24) is 0 Å². The molecule has 6 heteroatoms. The first kappa shape index (κ1) is 15.2. The lowest BCUT2D eigenvalue weighted by molar-refractivity contribution is -0.139. The van der Waals surface area contributed by atoms with Crippen LogP contribution >= 0.6 is 23.4 Å². The van der Waals surface area contributed by atoms with Gasteiger partial charge in [0.2, 0.25) is 5.91 Å². The summed E-state index contributed by atoms with van der Waals surface area (Å²) in [6.07, 6.45) is 0.411. The highest BCUT2D eigenvalue weighted by Gasteiger charge is 2.48. The molecule has 0 saturated heterocycles. The molecule has 2 atom stereocenters. The van der Waals surface area contributed by atoms with Crippen LogP contribution in [0.2, 0.25) is 5.02 Å². The molecule has 0 bridgehead atoms. The smallest absolute Gasteiger partial charge is 0.307 e. The number of carboxylic acids is 1. The molecule has 1 aliphatic carbocycles. The average Bonchev–Trinajstić information content (AvgIpc) is 3.13. The average molecular weight is 314 g/mol. The van der Waals surface area contributed by atoms with Crippen LogP contribution in [0, 0.1) is 11.8 Å². The molecule has 0 spiro atoms. The summed E-state index contributed by atoms with van der Waals surface area (Å²) in [7, 11) is 0. The molecule has 1 aromatic carbocycles. The van der Waals surface area contributed by atoms with Crippen molar-refractivity contribution in [1.29, 1.82) is 0 Å². The Labute approximate surface area is 126 Å². The van der Waals surface area contributed by atoms with E-state index in [2.05, 4.69) is 5.32 Å². The maximum atomic E-state index is 12.0. The predicted molar refractivity (Wildman–Crippen MR) is 80.3 cm³/mol. The number of carbonyl (C=O) groups is 2. The maximum absolute atomic E-state index is 12.0. The summed E-state index contributed by atoms with van der Waals surface area (Å²) < 4.78 is 0. The molecule has 1 saturated carbocycles. The van der Waals surface area contributed by atoms with Crippen molar-refractivity contribution in [2.24, 2.45) is 11.8 Å². The number of benzene rings is 1. The van der Waals surface area contributed by atoms with Gasteiger partial charge >= 0.3 is 5.97 Å². The lowest BCUT2D eigenvalue weighted by Gasteiger charge is -2.14. The number of aliphatic carboxylic acids is 1. The first-order valence-corrected chi connectivity index (χ1v) is 7.64. The van der Waals surface area contributed by atoms with Crippen LogP contribution in [0.3, 0.4) is 0 Å². The second-order valence-electron chi connectivity index (χ2n) is 5.06. The second kappa shape index (κ2) is 6.06. The fourth-order valence-corrected chi connectivity index (χ4v) is 3.15. The van der Waals surface area contributed by atoms with Gasteiger partial charge in [-0.2, -0.15) is 0 Å². The van der Waals surface area contributed by atoms with Crippen molar-refractivity contribution in [3.63, 3.8) is 0 Å². The third kappa shape index (κ3) is 3.46.